The lowest BCUT2D eigenvalue weighted by atomic mass is 9.97. The number of fused-ring (bicyclic) bond motifs is 9. The van der Waals surface area contributed by atoms with Gasteiger partial charge in [0, 0.05) is 37.9 Å². The summed E-state index contributed by atoms with van der Waals surface area (Å²) in [6.07, 6.45) is -0.337. The van der Waals surface area contributed by atoms with E-state index in [0.717, 1.165) is 83.0 Å². The van der Waals surface area contributed by atoms with Gasteiger partial charge in [0.25, 0.3) is 0 Å². The zero-order valence-corrected chi connectivity index (χ0v) is 27.2. The van der Waals surface area contributed by atoms with Crippen LogP contribution < -0.4 is 5.32 Å². The van der Waals surface area contributed by atoms with Crippen LogP contribution in [0.3, 0.4) is 0 Å². The molecule has 7 aromatic carbocycles. The fourth-order valence-electron chi connectivity index (χ4n) is 7.73. The van der Waals surface area contributed by atoms with E-state index in [9.17, 15) is 0 Å². The first-order valence-electron chi connectivity index (χ1n) is 17.1. The van der Waals surface area contributed by atoms with Gasteiger partial charge < -0.3 is 14.2 Å². The summed E-state index contributed by atoms with van der Waals surface area (Å²) < 4.78 is 14.9. The van der Waals surface area contributed by atoms with Gasteiger partial charge in [0.05, 0.1) is 11.0 Å². The molecule has 4 heterocycles. The molecule has 1 aliphatic heterocycles. The average Bonchev–Trinajstić information content (AvgIpc) is 3.87. The molecule has 0 spiro atoms. The van der Waals surface area contributed by atoms with E-state index in [-0.39, 0.29) is 6.17 Å². The minimum absolute atomic E-state index is 0.337. The lowest BCUT2D eigenvalue weighted by Gasteiger charge is -2.24. The smallest absolute Gasteiger partial charge is 0.234 e. The highest BCUT2D eigenvalue weighted by Crippen LogP contribution is 2.40. The van der Waals surface area contributed by atoms with Gasteiger partial charge in [0.1, 0.15) is 34.3 Å². The second-order valence-electron chi connectivity index (χ2n) is 13.0. The average molecular weight is 657 g/mol. The summed E-state index contributed by atoms with van der Waals surface area (Å²) >= 11 is 0. The van der Waals surface area contributed by atoms with Crippen LogP contribution >= 0.6 is 0 Å². The van der Waals surface area contributed by atoms with Gasteiger partial charge in [-0.15, -0.1) is 0 Å². The monoisotopic (exact) mass is 656 g/mol. The lowest BCUT2D eigenvalue weighted by Crippen LogP contribution is -2.35. The van der Waals surface area contributed by atoms with Crippen LogP contribution in [-0.4, -0.2) is 16.4 Å². The lowest BCUT2D eigenvalue weighted by molar-refractivity contribution is 0.667. The quantitative estimate of drug-likeness (QED) is 0.206. The van der Waals surface area contributed by atoms with Crippen LogP contribution in [0.25, 0.3) is 76.8 Å². The van der Waals surface area contributed by atoms with E-state index in [4.69, 9.17) is 18.8 Å². The van der Waals surface area contributed by atoms with Gasteiger partial charge in [-0.25, -0.2) is 4.99 Å². The molecule has 11 rings (SSSR count). The summed E-state index contributed by atoms with van der Waals surface area (Å²) in [6.45, 7) is 0. The number of nitrogens with zero attached hydrogens (tertiary/aromatic N) is 3. The van der Waals surface area contributed by atoms with Crippen LogP contribution in [0.4, 0.5) is 0 Å². The summed E-state index contributed by atoms with van der Waals surface area (Å²) in [5.74, 6) is 1.38. The molecule has 0 bridgehead atoms. The molecule has 0 aliphatic carbocycles. The third-order valence-corrected chi connectivity index (χ3v) is 10.1. The molecule has 0 radical (unpaired) electrons. The van der Waals surface area contributed by atoms with Crippen molar-refractivity contribution in [3.05, 3.63) is 169 Å². The van der Waals surface area contributed by atoms with Crippen LogP contribution in [0, 0.1) is 0 Å². The zero-order chi connectivity index (χ0) is 33.5. The summed E-state index contributed by atoms with van der Waals surface area (Å²) in [7, 11) is 0. The molecule has 1 aliphatic rings. The van der Waals surface area contributed by atoms with E-state index in [0.29, 0.717) is 5.96 Å². The van der Waals surface area contributed by atoms with E-state index < -0.39 is 0 Å². The molecule has 240 valence electrons. The van der Waals surface area contributed by atoms with Gasteiger partial charge in [-0.2, -0.15) is 4.99 Å². The highest BCUT2D eigenvalue weighted by Gasteiger charge is 2.24. The Balaban J connectivity index is 1.10. The Morgan fingerprint density at radius 3 is 1.96 bits per heavy atom. The Hall–Kier alpha value is -6.92. The van der Waals surface area contributed by atoms with Gasteiger partial charge in [-0.3, -0.25) is 4.57 Å². The number of rotatable bonds is 3. The molecule has 1 N–H and O–H groups in total. The van der Waals surface area contributed by atoms with Crippen LogP contribution in [0.1, 0.15) is 17.3 Å². The maximum Gasteiger partial charge on any atom is 0.234 e. The molecule has 0 amide bonds. The Bertz CT molecular complexity index is 3020. The summed E-state index contributed by atoms with van der Waals surface area (Å²) in [4.78, 5) is 10.5. The molecule has 51 heavy (non-hydrogen) atoms. The van der Waals surface area contributed by atoms with Crippen LogP contribution in [0.2, 0.25) is 0 Å². The number of aromatic nitrogens is 1. The molecule has 0 saturated heterocycles. The Morgan fingerprint density at radius 2 is 1.14 bits per heavy atom. The molecule has 0 fully saturated rings. The van der Waals surface area contributed by atoms with Crippen molar-refractivity contribution in [1.29, 1.82) is 0 Å². The topological polar surface area (TPSA) is 68.0 Å². The first kappa shape index (κ1) is 28.0. The normalized spacial score (nSPS) is 14.9. The molecular formula is C45H28N4O2. The second kappa shape index (κ2) is 10.8. The third-order valence-electron chi connectivity index (χ3n) is 10.1. The van der Waals surface area contributed by atoms with Crippen molar-refractivity contribution >= 4 is 77.5 Å². The first-order valence-corrected chi connectivity index (χ1v) is 17.1. The number of benzene rings is 7. The van der Waals surface area contributed by atoms with E-state index in [1.165, 1.54) is 10.8 Å². The molecular weight excluding hydrogens is 629 g/mol. The van der Waals surface area contributed by atoms with E-state index >= 15 is 0 Å². The molecule has 6 nitrogen and oxygen atoms in total. The largest absolute Gasteiger partial charge is 0.456 e. The number of amidine groups is 1. The van der Waals surface area contributed by atoms with E-state index in [2.05, 4.69) is 119 Å². The minimum atomic E-state index is -0.337. The van der Waals surface area contributed by atoms with Gasteiger partial charge in [0.15, 0.2) is 0 Å². The Labute approximate surface area is 291 Å². The highest BCUT2D eigenvalue weighted by molar-refractivity contribution is 6.19. The van der Waals surface area contributed by atoms with Crippen molar-refractivity contribution in [1.82, 2.24) is 9.88 Å². The molecule has 6 heteroatoms. The second-order valence-corrected chi connectivity index (χ2v) is 13.0. The van der Waals surface area contributed by atoms with Crippen molar-refractivity contribution in [2.75, 3.05) is 0 Å². The van der Waals surface area contributed by atoms with Gasteiger partial charge in [0.2, 0.25) is 5.96 Å². The molecule has 10 aromatic rings. The van der Waals surface area contributed by atoms with Crippen LogP contribution in [0.5, 0.6) is 0 Å². The van der Waals surface area contributed by atoms with Crippen molar-refractivity contribution in [3.8, 4) is 11.1 Å². The molecule has 3 aromatic heterocycles. The van der Waals surface area contributed by atoms with Gasteiger partial charge in [-0.1, -0.05) is 103 Å². The SMILES string of the molecule is c1ccc(C2N=C(n3c4ccccc4c4ccccc43)N=C(c3ccc4oc5cccc(-c6ccc7c(c6)oc6ccccc67)c5c4c3)N2)cc1. The predicted octanol–water partition coefficient (Wildman–Crippen LogP) is 11.2. The Morgan fingerprint density at radius 1 is 0.490 bits per heavy atom. The number of nitrogens with one attached hydrogen (secondary N) is 1. The van der Waals surface area contributed by atoms with E-state index in [1.807, 2.05) is 48.5 Å². The summed E-state index contributed by atoms with van der Waals surface area (Å²) in [5.41, 5.74) is 9.69. The first-order chi connectivity index (χ1) is 25.3. The van der Waals surface area contributed by atoms with Crippen molar-refractivity contribution in [2.24, 2.45) is 9.98 Å². The van der Waals surface area contributed by atoms with Crippen molar-refractivity contribution in [2.45, 2.75) is 6.17 Å². The van der Waals surface area contributed by atoms with E-state index in [1.54, 1.807) is 0 Å². The maximum absolute atomic E-state index is 6.45. The number of para-hydroxylation sites is 3. The number of aliphatic imine (C=N–C) groups is 2. The molecule has 1 unspecified atom stereocenters. The van der Waals surface area contributed by atoms with Crippen molar-refractivity contribution < 1.29 is 8.83 Å². The van der Waals surface area contributed by atoms with Gasteiger partial charge in [-0.05, 0) is 71.3 Å². The molecule has 1 atom stereocenters. The summed E-state index contributed by atoms with van der Waals surface area (Å²) in [5, 5.41) is 10.3. The number of furan rings is 2. The third kappa shape index (κ3) is 4.30. The number of hydrogen-bond donors (Lipinski definition) is 1. The number of hydrogen-bond acceptors (Lipinski definition) is 5. The minimum Gasteiger partial charge on any atom is -0.456 e. The molecule has 0 saturated carbocycles. The van der Waals surface area contributed by atoms with Crippen LogP contribution in [0.15, 0.2) is 177 Å². The van der Waals surface area contributed by atoms with Gasteiger partial charge >= 0.3 is 0 Å². The Kier molecular flexibility index (Phi) is 5.92. The zero-order valence-electron chi connectivity index (χ0n) is 27.2. The van der Waals surface area contributed by atoms with Crippen molar-refractivity contribution in [3.63, 3.8) is 0 Å². The maximum atomic E-state index is 6.45. The highest BCUT2D eigenvalue weighted by atomic mass is 16.3. The predicted molar refractivity (Wildman–Crippen MR) is 208 cm³/mol. The standard InChI is InChI=1S/C45H28N4O2/c1-2-11-27(12-3-1)43-46-44(48-45(47-43)49-36-17-7-4-13-31(36)32-14-5-8-18-37(32)49)29-22-24-39-35(25-29)42-30(16-10-20-40(42)50-39)28-21-23-34-33-15-6-9-19-38(33)51-41(34)26-28/h1-26,43H,(H,46,47,48). The fraction of sp³-hybridized carbons (Fsp3) is 0.0222. The summed E-state index contributed by atoms with van der Waals surface area (Å²) in [6, 6.07) is 54.4. The fourth-order valence-corrected chi connectivity index (χ4v) is 7.73. The van der Waals surface area contributed by atoms with Crippen LogP contribution in [-0.2, 0) is 0 Å².